The zero-order valence-electron chi connectivity index (χ0n) is 65.1. The smallest absolute Gasteiger partial charge is 0.485 e. The molecule has 4 aliphatic rings. The molecule has 6 aromatic carbocycles. The average molecular weight is 2010 g/mol. The second-order valence-electron chi connectivity index (χ2n) is 27.6. The molecule has 3 unspecified atom stereocenters. The molecule has 0 amide bonds. The maximum absolute atomic E-state index is 13.2. The van der Waals surface area contributed by atoms with Gasteiger partial charge < -0.3 is 23.8 Å². The Kier molecular flexibility index (Phi) is 33.8. The Hall–Kier alpha value is -6.79. The first-order chi connectivity index (χ1) is 57.3. The van der Waals surface area contributed by atoms with Crippen molar-refractivity contribution in [2.45, 2.75) is 95.0 Å². The third-order valence-electron chi connectivity index (χ3n) is 19.6. The molecule has 0 radical (unpaired) electrons. The van der Waals surface area contributed by atoms with Gasteiger partial charge in [0.1, 0.15) is 36.4 Å². The predicted molar refractivity (Wildman–Crippen MR) is 458 cm³/mol. The van der Waals surface area contributed by atoms with Gasteiger partial charge in [0.05, 0.1) is 57.3 Å². The van der Waals surface area contributed by atoms with Crippen LogP contribution in [0.5, 0.6) is 0 Å². The van der Waals surface area contributed by atoms with E-state index in [1.165, 1.54) is 64.1 Å². The van der Waals surface area contributed by atoms with Crippen LogP contribution in [0.25, 0.3) is 0 Å². The first-order valence-corrected chi connectivity index (χ1v) is 48.3. The molecule has 1 aliphatic carbocycles. The first kappa shape index (κ1) is 100.0. The van der Waals surface area contributed by atoms with Crippen LogP contribution in [0.2, 0.25) is 45.2 Å². The molecular weight excluding hydrogens is 1940 g/mol. The summed E-state index contributed by atoms with van der Waals surface area (Å²) in [6.45, 7) is 10.1. The number of aryl methyl sites for hydroxylation is 4. The van der Waals surface area contributed by atoms with Crippen molar-refractivity contribution >= 4 is 183 Å². The molecule has 29 nitrogen and oxygen atoms in total. The number of benzene rings is 6. The fourth-order valence-corrected chi connectivity index (χ4v) is 21.2. The SMILES string of the molecule is Cc1[nH]cc[n+]1S(=O)(=O)N1CCN(c2ccc(Cl)cc2Cl)C(c2ccc(Cl)cc2)C1.Cc1nccn1S(=O)(=O)N1CCN(c2ccc(Cl)cc2Cl)C(c2ccc(Cl)cc2)C1.Cc1nccn1S(=O)(=O)n1cc[n+](C)c1C.O=S(=O)(NC1CCCCC1)N1CCN(c2ccc(Cl)cc2Cl)C(c2ccc(Cl)cc2)C1.O=S(=O)([O-])C(F)(F)F.O=S(=O)([O-])C(F)(F)F. The number of nitrogens with one attached hydrogen (secondary N) is 2. The average Bonchev–Trinajstić information content (AvgIpc) is 1.75. The van der Waals surface area contributed by atoms with Crippen molar-refractivity contribution in [3.63, 3.8) is 0 Å². The Balaban J connectivity index is 0.000000178. The Labute approximate surface area is 753 Å². The summed E-state index contributed by atoms with van der Waals surface area (Å²) in [4.78, 5) is 17.2. The lowest BCUT2D eigenvalue weighted by Gasteiger charge is -2.43. The van der Waals surface area contributed by atoms with E-state index in [4.69, 9.17) is 130 Å². The van der Waals surface area contributed by atoms with Crippen molar-refractivity contribution in [3.8, 4) is 0 Å². The number of anilines is 3. The molecule has 50 heteroatoms. The lowest BCUT2D eigenvalue weighted by atomic mass is 9.96. The summed E-state index contributed by atoms with van der Waals surface area (Å²) in [7, 11) is -25.0. The fourth-order valence-electron chi connectivity index (χ4n) is 13.3. The summed E-state index contributed by atoms with van der Waals surface area (Å²) >= 11 is 55.9. The zero-order chi connectivity index (χ0) is 90.9. The van der Waals surface area contributed by atoms with Gasteiger partial charge in [0, 0.05) is 134 Å². The van der Waals surface area contributed by atoms with Crippen molar-refractivity contribution in [3.05, 3.63) is 262 Å². The number of piperazine rings is 3. The molecule has 3 atom stereocenters. The normalized spacial score (nSPS) is 17.5. The second kappa shape index (κ2) is 41.5. The molecule has 0 bridgehead atoms. The van der Waals surface area contributed by atoms with E-state index in [9.17, 15) is 60.0 Å². The molecule has 670 valence electrons. The third kappa shape index (κ3) is 25.4. The van der Waals surface area contributed by atoms with E-state index in [0.717, 1.165) is 63.4 Å². The van der Waals surface area contributed by atoms with Crippen LogP contribution in [0, 0.1) is 27.7 Å². The van der Waals surface area contributed by atoms with E-state index in [1.807, 2.05) is 66.7 Å². The first-order valence-electron chi connectivity index (χ1n) is 36.4. The highest BCUT2D eigenvalue weighted by Crippen LogP contribution is 2.42. The fraction of sp³-hybridized carbons (Fsp3) is 0.342. The highest BCUT2D eigenvalue weighted by atomic mass is 35.5. The number of aromatic nitrogens is 8. The third-order valence-corrected chi connectivity index (χ3v) is 30.2. The van der Waals surface area contributed by atoms with E-state index in [1.54, 1.807) is 117 Å². The van der Waals surface area contributed by atoms with E-state index in [-0.39, 0.29) is 37.3 Å². The summed E-state index contributed by atoms with van der Waals surface area (Å²) in [5, 5.41) is 5.11. The maximum atomic E-state index is 13.2. The van der Waals surface area contributed by atoms with Crippen molar-refractivity contribution < 1.29 is 94.5 Å². The van der Waals surface area contributed by atoms with Gasteiger partial charge in [-0.2, -0.15) is 81.6 Å². The van der Waals surface area contributed by atoms with Crippen LogP contribution in [-0.2, 0) is 68.1 Å². The van der Waals surface area contributed by atoms with Crippen molar-refractivity contribution in [2.24, 2.45) is 7.05 Å². The molecule has 4 aromatic heterocycles. The molecule has 0 spiro atoms. The van der Waals surface area contributed by atoms with Crippen LogP contribution in [0.15, 0.2) is 177 Å². The van der Waals surface area contributed by atoms with Crippen molar-refractivity contribution in [2.75, 3.05) is 73.6 Å². The van der Waals surface area contributed by atoms with Gasteiger partial charge in [0.2, 0.25) is 0 Å². The Morgan fingerprint density at radius 1 is 0.439 bits per heavy atom. The zero-order valence-corrected chi connectivity index (χ0v) is 76.8. The highest BCUT2D eigenvalue weighted by Gasteiger charge is 2.43. The molecule has 4 fully saturated rings. The quantitative estimate of drug-likeness (QED) is 0.0417. The van der Waals surface area contributed by atoms with Gasteiger partial charge in [0.15, 0.2) is 20.2 Å². The van der Waals surface area contributed by atoms with Crippen LogP contribution in [0.3, 0.4) is 0 Å². The number of nitrogens with zero attached hydrogens (tertiary/aromatic N) is 13. The molecule has 2 N–H and O–H groups in total. The van der Waals surface area contributed by atoms with Crippen LogP contribution >= 0.6 is 104 Å². The topological polar surface area (TPSA) is 347 Å². The molecule has 7 heterocycles. The summed E-state index contributed by atoms with van der Waals surface area (Å²) in [5.41, 5.74) is -5.98. The second-order valence-corrected chi connectivity index (χ2v) is 41.1. The number of halogens is 15. The van der Waals surface area contributed by atoms with Gasteiger partial charge in [-0.3, -0.25) is 0 Å². The molecule has 3 saturated heterocycles. The highest BCUT2D eigenvalue weighted by molar-refractivity contribution is 7.88. The van der Waals surface area contributed by atoms with Gasteiger partial charge in [-0.15, -0.1) is 7.94 Å². The van der Waals surface area contributed by atoms with Crippen molar-refractivity contribution in [1.29, 1.82) is 0 Å². The predicted octanol–water partition coefficient (Wildman–Crippen LogP) is 14.6. The van der Waals surface area contributed by atoms with Crippen LogP contribution < -0.4 is 28.0 Å². The van der Waals surface area contributed by atoms with Crippen molar-refractivity contribution in [1.82, 2.24) is 44.5 Å². The van der Waals surface area contributed by atoms with E-state index < -0.39 is 72.1 Å². The Morgan fingerprint density at radius 2 is 0.780 bits per heavy atom. The summed E-state index contributed by atoms with van der Waals surface area (Å²) < 4.78 is 236. The Morgan fingerprint density at radius 3 is 1.11 bits per heavy atom. The number of rotatable bonds is 15. The maximum Gasteiger partial charge on any atom is 0.485 e. The molecular formula is C73H78Cl9F6N15O14S6. The summed E-state index contributed by atoms with van der Waals surface area (Å²) in [6.07, 6.45) is 17.3. The molecule has 1 saturated carbocycles. The lowest BCUT2D eigenvalue weighted by Crippen LogP contribution is -2.59. The number of hydrogen-bond donors (Lipinski definition) is 2. The van der Waals surface area contributed by atoms with Gasteiger partial charge in [-0.25, -0.2) is 40.3 Å². The van der Waals surface area contributed by atoms with Gasteiger partial charge >= 0.3 is 41.6 Å². The van der Waals surface area contributed by atoms with Crippen LogP contribution in [-0.4, -0.2) is 175 Å². The summed E-state index contributed by atoms with van der Waals surface area (Å²) in [6, 6.07) is 37.8. The molecule has 10 aromatic rings. The van der Waals surface area contributed by atoms with Crippen LogP contribution in [0.1, 0.15) is 90.2 Å². The minimum atomic E-state index is -6.09. The summed E-state index contributed by atoms with van der Waals surface area (Å²) in [5.74, 6) is 2.03. The number of hydrogen-bond acceptors (Lipinski definition) is 19. The van der Waals surface area contributed by atoms with E-state index in [2.05, 4.69) is 34.4 Å². The van der Waals surface area contributed by atoms with Gasteiger partial charge in [-0.05, 0) is 134 Å². The van der Waals surface area contributed by atoms with E-state index in [0.29, 0.717) is 114 Å². The van der Waals surface area contributed by atoms with Gasteiger partial charge in [-0.1, -0.05) is 160 Å². The number of H-pyrrole nitrogens is 1. The number of imidazole rings is 4. The molecule has 3 aliphatic heterocycles. The standard InChI is InChI=1S/C22H26Cl3N3O2S.2C20H19Cl3N4O2S.C9H13N4O2S.2CHF3O3S/c23-17-8-6-16(7-9-17)22-15-27(31(29,30)26-19-4-2-1-3-5-19)12-13-28(22)21-11-10-18(24)14-20(21)25;2*1-14-24-8-9-27(14)30(28,29)25-10-11-26(19-7-6-17(22)12-18(19)23)20(13-25)15-2-4-16(21)5-3-15;1-8-10-4-5-12(8)16(14,15)13-7-6-11(3)9(13)2;2*2-1(3,4)8(5,6)7/h6-11,14,19,22,26H,1-5,12-13,15H2;2*2-9,12,20H,10-11,13H2,1H3;4-7H,1-3H3;2*(H,5,6,7)/q;;;+1;;/p-1. The Bertz CT molecular complexity index is 5840. The van der Waals surface area contributed by atoms with Crippen LogP contribution in [0.4, 0.5) is 43.4 Å². The van der Waals surface area contributed by atoms with E-state index >= 15 is 0 Å². The van der Waals surface area contributed by atoms with Gasteiger partial charge in [0.25, 0.3) is 21.9 Å². The number of alkyl halides is 6. The lowest BCUT2D eigenvalue weighted by molar-refractivity contribution is -0.676. The minimum Gasteiger partial charge on any atom is -0.741 e. The molecule has 14 rings (SSSR count). The molecule has 123 heavy (non-hydrogen) atoms. The minimum absolute atomic E-state index is 0.0245. The number of aromatic amines is 1. The monoisotopic (exact) mass is 2010 g/mol. The largest absolute Gasteiger partial charge is 0.741 e.